The monoisotopic (exact) mass is 314 g/mol. The summed E-state index contributed by atoms with van der Waals surface area (Å²) in [5.41, 5.74) is 0.596. The van der Waals surface area contributed by atoms with Gasteiger partial charge in [-0.2, -0.15) is 16.1 Å². The summed E-state index contributed by atoms with van der Waals surface area (Å²) < 4.78 is 26.7. The van der Waals surface area contributed by atoms with Crippen LogP contribution >= 0.6 is 11.8 Å². The van der Waals surface area contributed by atoms with Crippen LogP contribution in [-0.2, 0) is 14.8 Å². The number of anilines is 1. The molecule has 1 fully saturated rings. The molecule has 0 saturated carbocycles. The Bertz CT molecular complexity index is 584. The summed E-state index contributed by atoms with van der Waals surface area (Å²) in [7, 11) is -3.45. The molecule has 20 heavy (non-hydrogen) atoms. The minimum atomic E-state index is -3.45. The third-order valence-electron chi connectivity index (χ3n) is 3.09. The number of amides is 1. The summed E-state index contributed by atoms with van der Waals surface area (Å²) in [6, 6.07) is 6.30. The van der Waals surface area contributed by atoms with Crippen molar-refractivity contribution in [3.05, 3.63) is 24.3 Å². The molecule has 1 aromatic carbocycles. The van der Waals surface area contributed by atoms with E-state index in [2.05, 4.69) is 5.32 Å². The molecule has 2 rings (SSSR count). The van der Waals surface area contributed by atoms with E-state index in [0.29, 0.717) is 12.2 Å². The Hall–Kier alpha value is -1.05. The number of benzene rings is 1. The van der Waals surface area contributed by atoms with E-state index in [1.54, 1.807) is 28.2 Å². The van der Waals surface area contributed by atoms with Gasteiger partial charge in [-0.1, -0.05) is 0 Å². The molecular formula is C13H18N2O3S2. The molecule has 1 N–H and O–H groups in total. The van der Waals surface area contributed by atoms with Crippen LogP contribution < -0.4 is 5.32 Å². The standard InChI is InChI=1S/C13H18N2O3S2/c1-10-9-19-8-7-15(10)20(17,18)13-5-3-12(4-6-13)14-11(2)16/h3-6,10H,7-9H2,1-2H3,(H,14,16). The van der Waals surface area contributed by atoms with Gasteiger partial charge in [0.15, 0.2) is 0 Å². The first-order valence-corrected chi connectivity index (χ1v) is 8.98. The van der Waals surface area contributed by atoms with Gasteiger partial charge in [-0.25, -0.2) is 8.42 Å². The summed E-state index contributed by atoms with van der Waals surface area (Å²) in [5, 5.41) is 2.62. The Morgan fingerprint density at radius 1 is 1.35 bits per heavy atom. The van der Waals surface area contributed by atoms with Crippen molar-refractivity contribution in [2.24, 2.45) is 0 Å². The molecule has 1 atom stereocenters. The Balaban J connectivity index is 2.23. The van der Waals surface area contributed by atoms with Crippen molar-refractivity contribution >= 4 is 33.4 Å². The number of rotatable bonds is 3. The van der Waals surface area contributed by atoms with Crippen LogP contribution in [0, 0.1) is 0 Å². The second-order valence-corrected chi connectivity index (χ2v) is 7.79. The van der Waals surface area contributed by atoms with Crippen molar-refractivity contribution in [2.75, 3.05) is 23.4 Å². The highest BCUT2D eigenvalue weighted by molar-refractivity contribution is 7.99. The highest BCUT2D eigenvalue weighted by Gasteiger charge is 2.31. The second-order valence-electron chi connectivity index (χ2n) is 4.75. The number of nitrogens with one attached hydrogen (secondary N) is 1. The van der Waals surface area contributed by atoms with Gasteiger partial charge in [0, 0.05) is 36.7 Å². The van der Waals surface area contributed by atoms with E-state index < -0.39 is 10.0 Å². The van der Waals surface area contributed by atoms with Gasteiger partial charge in [-0.3, -0.25) is 4.79 Å². The van der Waals surface area contributed by atoms with Crippen molar-refractivity contribution in [1.82, 2.24) is 4.31 Å². The predicted octanol–water partition coefficient (Wildman–Crippen LogP) is 1.77. The van der Waals surface area contributed by atoms with Crippen LogP contribution in [0.5, 0.6) is 0 Å². The lowest BCUT2D eigenvalue weighted by molar-refractivity contribution is -0.114. The molecule has 110 valence electrons. The fraction of sp³-hybridized carbons (Fsp3) is 0.462. The number of hydrogen-bond acceptors (Lipinski definition) is 4. The normalized spacial score (nSPS) is 20.6. The third kappa shape index (κ3) is 3.34. The Labute approximate surface area is 123 Å². The van der Waals surface area contributed by atoms with Crippen LogP contribution in [0.15, 0.2) is 29.2 Å². The van der Waals surface area contributed by atoms with Gasteiger partial charge < -0.3 is 5.32 Å². The van der Waals surface area contributed by atoms with E-state index in [0.717, 1.165) is 11.5 Å². The van der Waals surface area contributed by atoms with E-state index in [4.69, 9.17) is 0 Å². The van der Waals surface area contributed by atoms with Gasteiger partial charge in [0.25, 0.3) is 0 Å². The van der Waals surface area contributed by atoms with Crippen LogP contribution in [0.1, 0.15) is 13.8 Å². The summed E-state index contributed by atoms with van der Waals surface area (Å²) in [6.45, 7) is 3.88. The summed E-state index contributed by atoms with van der Waals surface area (Å²) >= 11 is 1.77. The smallest absolute Gasteiger partial charge is 0.243 e. The maximum absolute atomic E-state index is 12.6. The fourth-order valence-corrected chi connectivity index (χ4v) is 4.97. The molecule has 0 radical (unpaired) electrons. The molecule has 1 saturated heterocycles. The number of nitrogens with zero attached hydrogens (tertiary/aromatic N) is 1. The first kappa shape index (κ1) is 15.3. The molecule has 1 aromatic rings. The van der Waals surface area contributed by atoms with E-state index >= 15 is 0 Å². The lowest BCUT2D eigenvalue weighted by Crippen LogP contribution is -2.44. The number of thioether (sulfide) groups is 1. The average molecular weight is 314 g/mol. The van der Waals surface area contributed by atoms with E-state index in [-0.39, 0.29) is 16.8 Å². The largest absolute Gasteiger partial charge is 0.326 e. The number of carbonyl (C=O) groups is 1. The van der Waals surface area contributed by atoms with Crippen LogP contribution in [0.4, 0.5) is 5.69 Å². The molecule has 0 spiro atoms. The predicted molar refractivity (Wildman–Crippen MR) is 81.4 cm³/mol. The molecule has 0 bridgehead atoms. The summed E-state index contributed by atoms with van der Waals surface area (Å²) in [5.74, 6) is 1.47. The third-order valence-corrected chi connectivity index (χ3v) is 6.31. The number of hydrogen-bond donors (Lipinski definition) is 1. The van der Waals surface area contributed by atoms with Gasteiger partial charge in [0.1, 0.15) is 0 Å². The minimum Gasteiger partial charge on any atom is -0.326 e. The summed E-state index contributed by atoms with van der Waals surface area (Å²) in [6.07, 6.45) is 0. The quantitative estimate of drug-likeness (QED) is 0.923. The lowest BCUT2D eigenvalue weighted by atomic mass is 10.3. The molecule has 0 aliphatic carbocycles. The zero-order chi connectivity index (χ0) is 14.8. The first-order valence-electron chi connectivity index (χ1n) is 6.38. The van der Waals surface area contributed by atoms with Crippen molar-refractivity contribution in [3.8, 4) is 0 Å². The van der Waals surface area contributed by atoms with Crippen molar-refractivity contribution in [1.29, 1.82) is 0 Å². The zero-order valence-corrected chi connectivity index (χ0v) is 13.1. The van der Waals surface area contributed by atoms with Crippen molar-refractivity contribution < 1.29 is 13.2 Å². The average Bonchev–Trinajstić information content (AvgIpc) is 2.39. The molecule has 0 aromatic heterocycles. The molecule has 1 heterocycles. The second kappa shape index (κ2) is 6.15. The maximum atomic E-state index is 12.6. The molecule has 5 nitrogen and oxygen atoms in total. The van der Waals surface area contributed by atoms with Gasteiger partial charge in [-0.15, -0.1) is 0 Å². The van der Waals surface area contributed by atoms with Crippen LogP contribution in [0.25, 0.3) is 0 Å². The molecule has 1 aliphatic heterocycles. The van der Waals surface area contributed by atoms with Crippen molar-refractivity contribution in [3.63, 3.8) is 0 Å². The van der Waals surface area contributed by atoms with Gasteiger partial charge in [-0.05, 0) is 31.2 Å². The Morgan fingerprint density at radius 2 is 2.00 bits per heavy atom. The van der Waals surface area contributed by atoms with Gasteiger partial charge >= 0.3 is 0 Å². The van der Waals surface area contributed by atoms with Crippen LogP contribution in [0.3, 0.4) is 0 Å². The highest BCUT2D eigenvalue weighted by Crippen LogP contribution is 2.25. The minimum absolute atomic E-state index is 0.00812. The SMILES string of the molecule is CC(=O)Nc1ccc(S(=O)(=O)N2CCSCC2C)cc1. The van der Waals surface area contributed by atoms with E-state index in [1.807, 2.05) is 6.92 Å². The lowest BCUT2D eigenvalue weighted by Gasteiger charge is -2.31. The van der Waals surface area contributed by atoms with Crippen molar-refractivity contribution in [2.45, 2.75) is 24.8 Å². The van der Waals surface area contributed by atoms with Crippen LogP contribution in [0.2, 0.25) is 0 Å². The Kier molecular flexibility index (Phi) is 4.72. The van der Waals surface area contributed by atoms with E-state index in [1.165, 1.54) is 19.1 Å². The Morgan fingerprint density at radius 3 is 2.55 bits per heavy atom. The molecule has 7 heteroatoms. The van der Waals surface area contributed by atoms with Gasteiger partial charge in [0.05, 0.1) is 4.90 Å². The molecule has 1 unspecified atom stereocenters. The highest BCUT2D eigenvalue weighted by atomic mass is 32.2. The maximum Gasteiger partial charge on any atom is 0.243 e. The fourth-order valence-electron chi connectivity index (χ4n) is 2.12. The zero-order valence-electron chi connectivity index (χ0n) is 11.5. The topological polar surface area (TPSA) is 66.5 Å². The summed E-state index contributed by atoms with van der Waals surface area (Å²) in [4.78, 5) is 11.2. The molecule has 1 aliphatic rings. The van der Waals surface area contributed by atoms with E-state index in [9.17, 15) is 13.2 Å². The van der Waals surface area contributed by atoms with Gasteiger partial charge in [0.2, 0.25) is 15.9 Å². The molecule has 1 amide bonds. The number of carbonyl (C=O) groups excluding carboxylic acids is 1. The molecular weight excluding hydrogens is 296 g/mol. The van der Waals surface area contributed by atoms with Crippen LogP contribution in [-0.4, -0.2) is 42.7 Å². The number of sulfonamides is 1. The first-order chi connectivity index (χ1) is 9.41.